The second-order valence-corrected chi connectivity index (χ2v) is 16.3. The van der Waals surface area contributed by atoms with Gasteiger partial charge in [-0.3, -0.25) is 0 Å². The monoisotopic (exact) mass is 782 g/mol. The highest BCUT2D eigenvalue weighted by Crippen LogP contribution is 2.46. The van der Waals surface area contributed by atoms with Crippen molar-refractivity contribution in [3.8, 4) is 62.1 Å². The van der Waals surface area contributed by atoms with Crippen molar-refractivity contribution < 1.29 is 0 Å². The molecule has 0 aliphatic rings. The van der Waals surface area contributed by atoms with Crippen LogP contribution in [0.5, 0.6) is 0 Å². The number of para-hydroxylation sites is 2. The van der Waals surface area contributed by atoms with Gasteiger partial charge in [0.1, 0.15) is 0 Å². The van der Waals surface area contributed by atoms with Gasteiger partial charge in [-0.2, -0.15) is 0 Å². The molecule has 9 aromatic carbocycles. The van der Waals surface area contributed by atoms with Gasteiger partial charge in [0.15, 0.2) is 17.5 Å². The van der Waals surface area contributed by atoms with Gasteiger partial charge in [-0.05, 0) is 76.0 Å². The molecule has 3 heterocycles. The Morgan fingerprint density at radius 2 is 0.883 bits per heavy atom. The Kier molecular flexibility index (Phi) is 8.00. The van der Waals surface area contributed by atoms with Crippen LogP contribution in [-0.4, -0.2) is 19.5 Å². The summed E-state index contributed by atoms with van der Waals surface area (Å²) in [5.74, 6) is 1.89. The normalized spacial score (nSPS) is 11.7. The van der Waals surface area contributed by atoms with E-state index in [0.29, 0.717) is 17.5 Å². The summed E-state index contributed by atoms with van der Waals surface area (Å²) in [6, 6.07) is 73.5. The molecule has 0 atom stereocenters. The third-order valence-corrected chi connectivity index (χ3v) is 12.9. The Morgan fingerprint density at radius 1 is 0.333 bits per heavy atom. The molecule has 0 N–H and O–H groups in total. The highest BCUT2D eigenvalue weighted by molar-refractivity contribution is 7.26. The Bertz CT molecular complexity index is 3490. The number of nitrogens with zero attached hydrogens (tertiary/aromatic N) is 4. The molecule has 0 spiro atoms. The fourth-order valence-electron chi connectivity index (χ4n) is 8.78. The molecule has 0 radical (unpaired) electrons. The molecule has 0 amide bonds. The molecule has 0 aliphatic heterocycles. The summed E-state index contributed by atoms with van der Waals surface area (Å²) in [4.78, 5) is 15.6. The maximum atomic E-state index is 5.28. The molecule has 0 aliphatic carbocycles. The van der Waals surface area contributed by atoms with Crippen LogP contribution in [0.2, 0.25) is 0 Å². The molecular formula is C55H34N4S. The van der Waals surface area contributed by atoms with Crippen molar-refractivity contribution in [3.05, 3.63) is 206 Å². The molecule has 280 valence electrons. The van der Waals surface area contributed by atoms with E-state index in [1.807, 2.05) is 47.7 Å². The van der Waals surface area contributed by atoms with Gasteiger partial charge in [0.25, 0.3) is 0 Å². The lowest BCUT2D eigenvalue weighted by atomic mass is 9.92. The summed E-state index contributed by atoms with van der Waals surface area (Å²) < 4.78 is 4.90. The summed E-state index contributed by atoms with van der Waals surface area (Å²) in [6.07, 6.45) is 0. The van der Waals surface area contributed by atoms with Crippen LogP contribution in [-0.2, 0) is 0 Å². The molecule has 3 aromatic heterocycles. The standard InChI is InChI=1S/C55H34N4S/c1-3-16-36(17-4-1)53-56-54(37-18-5-2-6-19-37)58-55(57-53)45-30-29-40(39-28-27-35-15-7-8-20-38(35)31-39)32-46(45)48-34-41(33-47-44-23-11-14-26-51(44)60-52(47)48)59-49-24-12-9-21-42(49)43-22-10-13-25-50(43)59/h1-34H. The first kappa shape index (κ1) is 34.3. The highest BCUT2D eigenvalue weighted by atomic mass is 32.1. The maximum Gasteiger partial charge on any atom is 0.164 e. The van der Waals surface area contributed by atoms with Crippen molar-refractivity contribution in [1.29, 1.82) is 0 Å². The van der Waals surface area contributed by atoms with E-state index in [4.69, 9.17) is 15.0 Å². The van der Waals surface area contributed by atoms with Gasteiger partial charge in [-0.1, -0.05) is 158 Å². The van der Waals surface area contributed by atoms with E-state index >= 15 is 0 Å². The maximum absolute atomic E-state index is 5.28. The van der Waals surface area contributed by atoms with Crippen LogP contribution in [0.25, 0.3) is 115 Å². The lowest BCUT2D eigenvalue weighted by Crippen LogP contribution is -2.01. The fraction of sp³-hybridized carbons (Fsp3) is 0. The number of benzene rings is 9. The second-order valence-electron chi connectivity index (χ2n) is 15.2. The summed E-state index contributed by atoms with van der Waals surface area (Å²) in [6.45, 7) is 0. The van der Waals surface area contributed by atoms with Gasteiger partial charge in [-0.25, -0.2) is 15.0 Å². The smallest absolute Gasteiger partial charge is 0.164 e. The van der Waals surface area contributed by atoms with E-state index in [-0.39, 0.29) is 0 Å². The summed E-state index contributed by atoms with van der Waals surface area (Å²) in [7, 11) is 0. The predicted molar refractivity (Wildman–Crippen MR) is 252 cm³/mol. The molecule has 0 unspecified atom stereocenters. The molecule has 12 aromatic rings. The molecule has 0 fully saturated rings. The van der Waals surface area contributed by atoms with E-state index < -0.39 is 0 Å². The van der Waals surface area contributed by atoms with Gasteiger partial charge >= 0.3 is 0 Å². The SMILES string of the molecule is c1ccc(-c2nc(-c3ccccc3)nc(-c3ccc(-c4ccc5ccccc5c4)cc3-c3cc(-n4c5ccccc5c5ccccc54)cc4c3sc3ccccc34)n2)cc1. The molecule has 5 heteroatoms. The first-order chi connectivity index (χ1) is 29.7. The van der Waals surface area contributed by atoms with Crippen molar-refractivity contribution in [2.24, 2.45) is 0 Å². The van der Waals surface area contributed by atoms with Crippen LogP contribution in [0.1, 0.15) is 0 Å². The molecular weight excluding hydrogens is 749 g/mol. The Labute approximate surface area is 350 Å². The molecule has 0 saturated carbocycles. The van der Waals surface area contributed by atoms with Crippen molar-refractivity contribution >= 4 is 64.1 Å². The van der Waals surface area contributed by atoms with Crippen LogP contribution >= 0.6 is 11.3 Å². The van der Waals surface area contributed by atoms with Crippen LogP contribution < -0.4 is 0 Å². The number of aromatic nitrogens is 4. The number of fused-ring (bicyclic) bond motifs is 7. The Morgan fingerprint density at radius 3 is 1.58 bits per heavy atom. The Balaban J connectivity index is 1.19. The third kappa shape index (κ3) is 5.70. The number of thiophene rings is 1. The topological polar surface area (TPSA) is 43.6 Å². The average molecular weight is 783 g/mol. The van der Waals surface area contributed by atoms with Crippen molar-refractivity contribution in [2.45, 2.75) is 0 Å². The predicted octanol–water partition coefficient (Wildman–Crippen LogP) is 14.8. The first-order valence-electron chi connectivity index (χ1n) is 20.2. The third-order valence-electron chi connectivity index (χ3n) is 11.6. The number of rotatable bonds is 6. The van der Waals surface area contributed by atoms with Crippen LogP contribution in [0.3, 0.4) is 0 Å². The molecule has 0 saturated heterocycles. The molecule has 0 bridgehead atoms. The lowest BCUT2D eigenvalue weighted by molar-refractivity contribution is 1.07. The van der Waals surface area contributed by atoms with E-state index in [1.54, 1.807) is 0 Å². The molecule has 4 nitrogen and oxygen atoms in total. The van der Waals surface area contributed by atoms with Gasteiger partial charge in [0.2, 0.25) is 0 Å². The summed E-state index contributed by atoms with van der Waals surface area (Å²) in [5, 5.41) is 7.35. The minimum Gasteiger partial charge on any atom is -0.309 e. The highest BCUT2D eigenvalue weighted by Gasteiger charge is 2.22. The van der Waals surface area contributed by atoms with Crippen molar-refractivity contribution in [3.63, 3.8) is 0 Å². The van der Waals surface area contributed by atoms with Crippen LogP contribution in [0.15, 0.2) is 206 Å². The van der Waals surface area contributed by atoms with Gasteiger partial charge < -0.3 is 4.57 Å². The largest absolute Gasteiger partial charge is 0.309 e. The first-order valence-corrected chi connectivity index (χ1v) is 21.0. The van der Waals surface area contributed by atoms with E-state index in [0.717, 1.165) is 44.6 Å². The van der Waals surface area contributed by atoms with E-state index in [2.05, 4.69) is 174 Å². The van der Waals surface area contributed by atoms with Gasteiger partial charge in [0, 0.05) is 58.9 Å². The number of hydrogen-bond donors (Lipinski definition) is 0. The zero-order valence-corrected chi connectivity index (χ0v) is 33.1. The number of hydrogen-bond acceptors (Lipinski definition) is 4. The van der Waals surface area contributed by atoms with Gasteiger partial charge in [0.05, 0.1) is 11.0 Å². The zero-order valence-electron chi connectivity index (χ0n) is 32.3. The summed E-state index contributed by atoms with van der Waals surface area (Å²) >= 11 is 1.84. The quantitative estimate of drug-likeness (QED) is 0.169. The second kappa shape index (κ2) is 14.0. The van der Waals surface area contributed by atoms with Crippen LogP contribution in [0.4, 0.5) is 0 Å². The Hall–Kier alpha value is -7.73. The lowest BCUT2D eigenvalue weighted by Gasteiger charge is -2.17. The zero-order chi connectivity index (χ0) is 39.6. The van der Waals surface area contributed by atoms with Crippen molar-refractivity contribution in [1.82, 2.24) is 19.5 Å². The molecule has 60 heavy (non-hydrogen) atoms. The van der Waals surface area contributed by atoms with Gasteiger partial charge in [-0.15, -0.1) is 11.3 Å². The summed E-state index contributed by atoms with van der Waals surface area (Å²) in [5.41, 5.74) is 10.7. The van der Waals surface area contributed by atoms with E-state index in [1.165, 1.54) is 52.8 Å². The van der Waals surface area contributed by atoms with E-state index in [9.17, 15) is 0 Å². The minimum atomic E-state index is 0.624. The van der Waals surface area contributed by atoms with Crippen LogP contribution in [0, 0.1) is 0 Å². The fourth-order valence-corrected chi connectivity index (χ4v) is 9.99. The van der Waals surface area contributed by atoms with Crippen molar-refractivity contribution in [2.75, 3.05) is 0 Å². The molecule has 12 rings (SSSR count). The minimum absolute atomic E-state index is 0.624. The average Bonchev–Trinajstić information content (AvgIpc) is 3.87.